The van der Waals surface area contributed by atoms with Gasteiger partial charge in [-0.1, -0.05) is 46.3 Å². The van der Waals surface area contributed by atoms with Gasteiger partial charge in [0.25, 0.3) is 0 Å². The van der Waals surface area contributed by atoms with Crippen molar-refractivity contribution in [3.05, 3.63) is 69.2 Å². The van der Waals surface area contributed by atoms with Gasteiger partial charge >= 0.3 is 0 Å². The Morgan fingerprint density at radius 1 is 1.00 bits per heavy atom. The summed E-state index contributed by atoms with van der Waals surface area (Å²) in [6.45, 7) is 2.93. The number of aliphatic hydroxyl groups is 1. The summed E-state index contributed by atoms with van der Waals surface area (Å²) >= 11 is 3.31. The number of hydrogen-bond acceptors (Lipinski definition) is 1. The van der Waals surface area contributed by atoms with E-state index < -0.39 is 17.2 Å². The lowest BCUT2D eigenvalue weighted by Crippen LogP contribution is -2.25. The van der Waals surface area contributed by atoms with Gasteiger partial charge in [-0.3, -0.25) is 0 Å². The first-order chi connectivity index (χ1) is 8.85. The highest BCUT2D eigenvalue weighted by atomic mass is 79.9. The van der Waals surface area contributed by atoms with Gasteiger partial charge < -0.3 is 5.11 Å². The molecule has 0 aliphatic rings. The molecule has 4 heteroatoms. The second-order valence-corrected chi connectivity index (χ2v) is 5.46. The molecule has 100 valence electrons. The van der Waals surface area contributed by atoms with E-state index in [1.807, 2.05) is 0 Å². The molecule has 1 unspecified atom stereocenters. The van der Waals surface area contributed by atoms with Crippen molar-refractivity contribution in [3.63, 3.8) is 0 Å². The Kier molecular flexibility index (Phi) is 3.74. The number of halogens is 3. The van der Waals surface area contributed by atoms with Gasteiger partial charge in [0.1, 0.15) is 5.60 Å². The van der Waals surface area contributed by atoms with Gasteiger partial charge in [0, 0.05) is 15.6 Å². The minimum atomic E-state index is -1.61. The molecule has 0 heterocycles. The molecule has 0 aliphatic heterocycles. The number of benzene rings is 2. The molecule has 0 amide bonds. The van der Waals surface area contributed by atoms with E-state index in [2.05, 4.69) is 15.9 Å². The van der Waals surface area contributed by atoms with Crippen LogP contribution in [0.3, 0.4) is 0 Å². The first kappa shape index (κ1) is 14.2. The molecule has 1 nitrogen and oxygen atoms in total. The third-order valence-electron chi connectivity index (χ3n) is 3.20. The topological polar surface area (TPSA) is 20.2 Å². The minimum Gasteiger partial charge on any atom is -0.381 e. The Morgan fingerprint density at radius 3 is 2.26 bits per heavy atom. The molecule has 1 atom stereocenters. The van der Waals surface area contributed by atoms with Crippen LogP contribution in [0.5, 0.6) is 0 Å². The van der Waals surface area contributed by atoms with Crippen LogP contribution in [-0.2, 0) is 5.60 Å². The molecule has 2 rings (SSSR count). The SMILES string of the molecule is Cc1ccc(C(C)(O)c2ccccc2Br)c(F)c1F. The molecule has 19 heavy (non-hydrogen) atoms. The zero-order valence-corrected chi connectivity index (χ0v) is 12.1. The average molecular weight is 327 g/mol. The molecule has 0 fully saturated rings. The lowest BCUT2D eigenvalue weighted by Gasteiger charge is -2.26. The molecule has 0 radical (unpaired) electrons. The molecular weight excluding hydrogens is 314 g/mol. The highest BCUT2D eigenvalue weighted by Gasteiger charge is 2.32. The van der Waals surface area contributed by atoms with Crippen LogP contribution in [0.1, 0.15) is 23.6 Å². The van der Waals surface area contributed by atoms with E-state index in [9.17, 15) is 13.9 Å². The van der Waals surface area contributed by atoms with Crippen molar-refractivity contribution in [1.29, 1.82) is 0 Å². The van der Waals surface area contributed by atoms with Gasteiger partial charge in [0.2, 0.25) is 0 Å². The highest BCUT2D eigenvalue weighted by molar-refractivity contribution is 9.10. The first-order valence-corrected chi connectivity index (χ1v) is 6.57. The second-order valence-electron chi connectivity index (χ2n) is 4.61. The van der Waals surface area contributed by atoms with Gasteiger partial charge in [-0.15, -0.1) is 0 Å². The molecule has 1 N–H and O–H groups in total. The quantitative estimate of drug-likeness (QED) is 0.872. The van der Waals surface area contributed by atoms with E-state index in [0.29, 0.717) is 10.0 Å². The molecule has 0 spiro atoms. The molecule has 0 saturated carbocycles. The molecule has 2 aromatic rings. The Balaban J connectivity index is 2.64. The summed E-state index contributed by atoms with van der Waals surface area (Å²) in [5.41, 5.74) is -0.998. The van der Waals surface area contributed by atoms with Crippen molar-refractivity contribution in [1.82, 2.24) is 0 Å². The molecule has 0 aromatic heterocycles. The monoisotopic (exact) mass is 326 g/mol. The van der Waals surface area contributed by atoms with Crippen LogP contribution in [-0.4, -0.2) is 5.11 Å². The minimum absolute atomic E-state index is 0.0810. The zero-order valence-electron chi connectivity index (χ0n) is 10.5. The molecule has 0 aliphatic carbocycles. The second kappa shape index (κ2) is 5.02. The van der Waals surface area contributed by atoms with Crippen LogP contribution in [0.2, 0.25) is 0 Å². The van der Waals surface area contributed by atoms with Crippen LogP contribution >= 0.6 is 15.9 Å². The van der Waals surface area contributed by atoms with Crippen molar-refractivity contribution < 1.29 is 13.9 Å². The number of rotatable bonds is 2. The fourth-order valence-corrected chi connectivity index (χ4v) is 2.69. The standard InChI is InChI=1S/C15H13BrF2O/c1-9-7-8-11(14(18)13(9)17)15(2,19)10-5-3-4-6-12(10)16/h3-8,19H,1-2H3. The smallest absolute Gasteiger partial charge is 0.165 e. The Hall–Kier alpha value is -1.26. The van der Waals surface area contributed by atoms with E-state index in [-0.39, 0.29) is 11.1 Å². The average Bonchev–Trinajstić information content (AvgIpc) is 2.36. The van der Waals surface area contributed by atoms with Crippen molar-refractivity contribution >= 4 is 15.9 Å². The summed E-state index contributed by atoms with van der Waals surface area (Å²) in [5, 5.41) is 10.6. The summed E-state index contributed by atoms with van der Waals surface area (Å²) in [6, 6.07) is 9.80. The maximum atomic E-state index is 14.0. The summed E-state index contributed by atoms with van der Waals surface area (Å²) in [4.78, 5) is 0. The molecule has 2 aromatic carbocycles. The summed E-state index contributed by atoms with van der Waals surface area (Å²) in [7, 11) is 0. The molecular formula is C15H13BrF2O. The van der Waals surface area contributed by atoms with Crippen molar-refractivity contribution in [2.45, 2.75) is 19.4 Å². The molecule has 0 bridgehead atoms. The normalized spacial score (nSPS) is 14.2. The molecule has 0 saturated heterocycles. The van der Waals surface area contributed by atoms with Crippen molar-refractivity contribution in [3.8, 4) is 0 Å². The van der Waals surface area contributed by atoms with Crippen molar-refractivity contribution in [2.24, 2.45) is 0 Å². The lowest BCUT2D eigenvalue weighted by atomic mass is 9.87. The Morgan fingerprint density at radius 2 is 1.63 bits per heavy atom. The van der Waals surface area contributed by atoms with E-state index in [0.717, 1.165) is 0 Å². The van der Waals surface area contributed by atoms with Crippen LogP contribution < -0.4 is 0 Å². The van der Waals surface area contributed by atoms with Gasteiger partial charge in [0.15, 0.2) is 11.6 Å². The predicted molar refractivity (Wildman–Crippen MR) is 73.9 cm³/mol. The summed E-state index contributed by atoms with van der Waals surface area (Å²) in [5.74, 6) is -1.94. The zero-order chi connectivity index (χ0) is 14.2. The van der Waals surface area contributed by atoms with Gasteiger partial charge in [-0.05, 0) is 25.5 Å². The van der Waals surface area contributed by atoms with E-state index in [4.69, 9.17) is 0 Å². The first-order valence-electron chi connectivity index (χ1n) is 5.78. The van der Waals surface area contributed by atoms with Crippen molar-refractivity contribution in [2.75, 3.05) is 0 Å². The van der Waals surface area contributed by atoms with Crippen LogP contribution in [0.15, 0.2) is 40.9 Å². The summed E-state index contributed by atoms with van der Waals surface area (Å²) < 4.78 is 28.3. The fourth-order valence-electron chi connectivity index (χ4n) is 2.02. The van der Waals surface area contributed by atoms with Crippen LogP contribution in [0.4, 0.5) is 8.78 Å². The van der Waals surface area contributed by atoms with E-state index in [1.54, 1.807) is 24.3 Å². The predicted octanol–water partition coefficient (Wildman–Crippen LogP) is 4.29. The number of aryl methyl sites for hydroxylation is 1. The maximum absolute atomic E-state index is 14.0. The van der Waals surface area contributed by atoms with Crippen LogP contribution in [0, 0.1) is 18.6 Å². The number of hydrogen-bond donors (Lipinski definition) is 1. The van der Waals surface area contributed by atoms with Gasteiger partial charge in [-0.25, -0.2) is 8.78 Å². The van der Waals surface area contributed by atoms with Gasteiger partial charge in [0.05, 0.1) is 0 Å². The summed E-state index contributed by atoms with van der Waals surface area (Å²) in [6.07, 6.45) is 0. The third-order valence-corrected chi connectivity index (χ3v) is 3.89. The van der Waals surface area contributed by atoms with E-state index >= 15 is 0 Å². The van der Waals surface area contributed by atoms with Gasteiger partial charge in [-0.2, -0.15) is 0 Å². The Labute approximate surface area is 119 Å². The highest BCUT2D eigenvalue weighted by Crippen LogP contribution is 2.36. The van der Waals surface area contributed by atoms with Crippen LogP contribution in [0.25, 0.3) is 0 Å². The fraction of sp³-hybridized carbons (Fsp3) is 0.200. The largest absolute Gasteiger partial charge is 0.381 e. The third kappa shape index (κ3) is 2.42. The maximum Gasteiger partial charge on any atom is 0.165 e. The lowest BCUT2D eigenvalue weighted by molar-refractivity contribution is 0.0962. The Bertz CT molecular complexity index is 624. The van der Waals surface area contributed by atoms with E-state index in [1.165, 1.54) is 26.0 Å².